The fourth-order valence-electron chi connectivity index (χ4n) is 6.77. The van der Waals surface area contributed by atoms with Crippen LogP contribution in [0.15, 0.2) is 28.7 Å². The molecule has 1 aromatic carbocycles. The van der Waals surface area contributed by atoms with Gasteiger partial charge in [0.2, 0.25) is 5.91 Å². The minimum atomic E-state index is -0.666. The summed E-state index contributed by atoms with van der Waals surface area (Å²) in [5, 5.41) is 10.3. The van der Waals surface area contributed by atoms with E-state index in [4.69, 9.17) is 4.74 Å². The second-order valence-electron chi connectivity index (χ2n) is 9.79. The Morgan fingerprint density at radius 3 is 2.21 bits per heavy atom. The normalized spacial score (nSPS) is 37.7. The minimum Gasteiger partial charge on any atom is -0.459 e. The Bertz CT molecular complexity index is 772. The first-order valence-electron chi connectivity index (χ1n) is 10.8. The van der Waals surface area contributed by atoms with Crippen molar-refractivity contribution in [1.29, 1.82) is 0 Å². The zero-order valence-corrected chi connectivity index (χ0v) is 18.1. The van der Waals surface area contributed by atoms with Crippen molar-refractivity contribution in [3.63, 3.8) is 0 Å². The van der Waals surface area contributed by atoms with E-state index in [2.05, 4.69) is 15.9 Å². The summed E-state index contributed by atoms with van der Waals surface area (Å²) >= 11 is 3.40. The number of halogens is 1. The van der Waals surface area contributed by atoms with Crippen molar-refractivity contribution in [3.05, 3.63) is 34.3 Å². The van der Waals surface area contributed by atoms with E-state index in [1.807, 2.05) is 24.3 Å². The molecule has 5 fully saturated rings. The van der Waals surface area contributed by atoms with Gasteiger partial charge in [0.25, 0.3) is 0 Å². The predicted molar refractivity (Wildman–Crippen MR) is 111 cm³/mol. The lowest BCUT2D eigenvalue weighted by Gasteiger charge is -2.56. The summed E-state index contributed by atoms with van der Waals surface area (Å²) in [6.45, 7) is 0.427. The van der Waals surface area contributed by atoms with Crippen LogP contribution in [-0.4, -0.2) is 40.6 Å². The quantitative estimate of drug-likeness (QED) is 0.694. The maximum absolute atomic E-state index is 13.7. The monoisotopic (exact) mass is 461 g/mol. The van der Waals surface area contributed by atoms with E-state index in [1.165, 1.54) is 19.3 Å². The Kier molecular flexibility index (Phi) is 4.98. The number of hydrogen-bond donors (Lipinski definition) is 1. The Morgan fingerprint density at radius 2 is 1.62 bits per heavy atom. The molecule has 1 saturated heterocycles. The van der Waals surface area contributed by atoms with Crippen LogP contribution in [0, 0.1) is 23.2 Å². The SMILES string of the molecule is O=C(OCc1ccc(Br)cc1)[C@@H]1CC(O)CN1C(=O)C12CC3CC(CC(C3)C1)C2. The summed E-state index contributed by atoms with van der Waals surface area (Å²) in [5.41, 5.74) is 0.599. The van der Waals surface area contributed by atoms with Gasteiger partial charge in [0, 0.05) is 17.4 Å². The molecule has 5 nitrogen and oxygen atoms in total. The average molecular weight is 462 g/mol. The minimum absolute atomic E-state index is 0.0961. The number of benzene rings is 1. The molecule has 156 valence electrons. The first-order valence-corrected chi connectivity index (χ1v) is 11.6. The molecule has 1 aliphatic heterocycles. The van der Waals surface area contributed by atoms with Gasteiger partial charge in [-0.25, -0.2) is 4.79 Å². The lowest BCUT2D eigenvalue weighted by Crippen LogP contribution is -2.56. The van der Waals surface area contributed by atoms with Gasteiger partial charge in [0.15, 0.2) is 0 Å². The van der Waals surface area contributed by atoms with Crippen LogP contribution in [0.25, 0.3) is 0 Å². The van der Waals surface area contributed by atoms with Gasteiger partial charge in [-0.3, -0.25) is 4.79 Å². The van der Waals surface area contributed by atoms with Crippen LogP contribution < -0.4 is 0 Å². The lowest BCUT2D eigenvalue weighted by molar-refractivity contribution is -0.166. The Labute approximate surface area is 179 Å². The fraction of sp³-hybridized carbons (Fsp3) is 0.652. The third kappa shape index (κ3) is 3.63. The molecule has 0 aromatic heterocycles. The van der Waals surface area contributed by atoms with E-state index >= 15 is 0 Å². The first kappa shape index (κ1) is 19.6. The summed E-state index contributed by atoms with van der Waals surface area (Å²) < 4.78 is 6.51. The van der Waals surface area contributed by atoms with Crippen LogP contribution in [0.3, 0.4) is 0 Å². The van der Waals surface area contributed by atoms with E-state index < -0.39 is 18.1 Å². The molecule has 4 saturated carbocycles. The largest absolute Gasteiger partial charge is 0.459 e. The number of nitrogens with zero attached hydrogens (tertiary/aromatic N) is 1. The van der Waals surface area contributed by atoms with E-state index in [0.29, 0.717) is 17.8 Å². The van der Waals surface area contributed by atoms with Crippen molar-refractivity contribution in [2.45, 2.75) is 63.7 Å². The topological polar surface area (TPSA) is 66.8 Å². The number of aliphatic hydroxyl groups is 1. The van der Waals surface area contributed by atoms with Crippen LogP contribution in [0.2, 0.25) is 0 Å². The Balaban J connectivity index is 1.29. The second kappa shape index (κ2) is 7.38. The van der Waals surface area contributed by atoms with E-state index in [1.54, 1.807) is 4.90 Å². The molecular weight excluding hydrogens is 434 g/mol. The number of carbonyl (C=O) groups is 2. The molecule has 4 bridgehead atoms. The molecule has 1 aromatic rings. The van der Waals surface area contributed by atoms with Crippen molar-refractivity contribution in [1.82, 2.24) is 4.90 Å². The summed E-state index contributed by atoms with van der Waals surface area (Å²) in [6, 6.07) is 6.95. The number of ether oxygens (including phenoxy) is 1. The highest BCUT2D eigenvalue weighted by Crippen LogP contribution is 2.60. The maximum atomic E-state index is 13.7. The van der Waals surface area contributed by atoms with Crippen molar-refractivity contribution in [2.24, 2.45) is 23.2 Å². The molecule has 0 radical (unpaired) electrons. The molecule has 5 aliphatic rings. The Hall–Kier alpha value is -1.40. The predicted octanol–water partition coefficient (Wildman–Crippen LogP) is 3.67. The summed E-state index contributed by atoms with van der Waals surface area (Å²) in [7, 11) is 0. The zero-order chi connectivity index (χ0) is 20.2. The molecule has 1 N–H and O–H groups in total. The number of rotatable bonds is 4. The number of β-amino-alcohol motifs (C(OH)–C–C–N with tert-alkyl or cyclic N) is 1. The smallest absolute Gasteiger partial charge is 0.329 e. The highest BCUT2D eigenvalue weighted by atomic mass is 79.9. The summed E-state index contributed by atoms with van der Waals surface area (Å²) in [4.78, 5) is 28.2. The first-order chi connectivity index (χ1) is 13.9. The third-order valence-corrected chi connectivity index (χ3v) is 8.13. The van der Waals surface area contributed by atoms with E-state index in [0.717, 1.165) is 29.3 Å². The number of aliphatic hydroxyl groups excluding tert-OH is 1. The number of hydrogen-bond acceptors (Lipinski definition) is 4. The van der Waals surface area contributed by atoms with Crippen LogP contribution in [-0.2, 0) is 20.9 Å². The number of esters is 1. The third-order valence-electron chi connectivity index (χ3n) is 7.60. The zero-order valence-electron chi connectivity index (χ0n) is 16.6. The fourth-order valence-corrected chi connectivity index (χ4v) is 7.03. The van der Waals surface area contributed by atoms with E-state index in [9.17, 15) is 14.7 Å². The van der Waals surface area contributed by atoms with E-state index in [-0.39, 0.29) is 30.9 Å². The van der Waals surface area contributed by atoms with Gasteiger partial charge < -0.3 is 14.7 Å². The highest BCUT2D eigenvalue weighted by molar-refractivity contribution is 9.10. The summed E-state index contributed by atoms with van der Waals surface area (Å²) in [6.07, 6.45) is 6.33. The van der Waals surface area contributed by atoms with Crippen molar-refractivity contribution >= 4 is 27.8 Å². The Morgan fingerprint density at radius 1 is 1.03 bits per heavy atom. The van der Waals surface area contributed by atoms with Crippen LogP contribution >= 0.6 is 15.9 Å². The van der Waals surface area contributed by atoms with Gasteiger partial charge in [0.1, 0.15) is 12.6 Å². The molecule has 6 heteroatoms. The molecule has 1 amide bonds. The molecule has 29 heavy (non-hydrogen) atoms. The standard InChI is InChI=1S/C23H28BrNO4/c24-18-3-1-14(2-4-18)13-29-21(27)20-8-19(26)12-25(20)22(28)23-9-15-5-16(10-23)7-17(6-15)11-23/h1-4,15-17,19-20,26H,5-13H2/t15?,16?,17?,19?,20-,23?/m0/s1. The van der Waals surface area contributed by atoms with Gasteiger partial charge in [-0.1, -0.05) is 28.1 Å². The molecule has 0 spiro atoms. The number of amides is 1. The number of likely N-dealkylation sites (tertiary alicyclic amines) is 1. The van der Waals surface area contributed by atoms with Gasteiger partial charge in [-0.2, -0.15) is 0 Å². The van der Waals surface area contributed by atoms with Crippen molar-refractivity contribution in [3.8, 4) is 0 Å². The van der Waals surface area contributed by atoms with Gasteiger partial charge in [-0.05, 0) is 74.0 Å². The molecule has 1 unspecified atom stereocenters. The number of carbonyl (C=O) groups excluding carboxylic acids is 2. The average Bonchev–Trinajstić information content (AvgIpc) is 3.07. The highest BCUT2D eigenvalue weighted by Gasteiger charge is 2.57. The van der Waals surface area contributed by atoms with Crippen LogP contribution in [0.5, 0.6) is 0 Å². The van der Waals surface area contributed by atoms with Gasteiger partial charge in [-0.15, -0.1) is 0 Å². The molecule has 1 heterocycles. The van der Waals surface area contributed by atoms with Crippen LogP contribution in [0.1, 0.15) is 50.5 Å². The lowest BCUT2D eigenvalue weighted by atomic mass is 9.49. The van der Waals surface area contributed by atoms with Crippen LogP contribution in [0.4, 0.5) is 0 Å². The second-order valence-corrected chi connectivity index (χ2v) is 10.7. The van der Waals surface area contributed by atoms with Crippen molar-refractivity contribution < 1.29 is 19.4 Å². The molecular formula is C23H28BrNO4. The van der Waals surface area contributed by atoms with Gasteiger partial charge >= 0.3 is 5.97 Å². The maximum Gasteiger partial charge on any atom is 0.329 e. The molecule has 6 rings (SSSR count). The summed E-state index contributed by atoms with van der Waals surface area (Å²) in [5.74, 6) is 1.70. The van der Waals surface area contributed by atoms with Crippen molar-refractivity contribution in [2.75, 3.05) is 6.54 Å². The van der Waals surface area contributed by atoms with Gasteiger partial charge in [0.05, 0.1) is 11.5 Å². The molecule has 2 atom stereocenters. The molecule has 4 aliphatic carbocycles.